The van der Waals surface area contributed by atoms with E-state index in [1.165, 1.54) is 149 Å². The van der Waals surface area contributed by atoms with E-state index >= 15 is 0 Å². The Morgan fingerprint density at radius 3 is 1.87 bits per heavy atom. The van der Waals surface area contributed by atoms with Crippen molar-refractivity contribution in [3.05, 3.63) is 292 Å². The van der Waals surface area contributed by atoms with E-state index in [1.807, 2.05) is 0 Å². The highest BCUT2D eigenvalue weighted by Gasteiger charge is 2.53. The predicted octanol–water partition coefficient (Wildman–Crippen LogP) is 20.2. The highest BCUT2D eigenvalue weighted by Crippen LogP contribution is 2.67. The van der Waals surface area contributed by atoms with Gasteiger partial charge in [0.2, 0.25) is 0 Å². The van der Waals surface area contributed by atoms with Crippen LogP contribution in [0.3, 0.4) is 0 Å². The van der Waals surface area contributed by atoms with E-state index in [9.17, 15) is 0 Å². The van der Waals surface area contributed by atoms with Crippen molar-refractivity contribution in [1.29, 1.82) is 0 Å². The maximum absolute atomic E-state index is 2.63. The Morgan fingerprint density at radius 1 is 0.377 bits per heavy atom. The van der Waals surface area contributed by atoms with Crippen LogP contribution >= 0.6 is 0 Å². The summed E-state index contributed by atoms with van der Waals surface area (Å²) in [6.07, 6.45) is 26.4. The van der Waals surface area contributed by atoms with Crippen LogP contribution in [0.2, 0.25) is 0 Å². The lowest BCUT2D eigenvalue weighted by molar-refractivity contribution is 0.645. The van der Waals surface area contributed by atoms with Gasteiger partial charge in [-0.1, -0.05) is 212 Å². The van der Waals surface area contributed by atoms with Gasteiger partial charge in [-0.25, -0.2) is 0 Å². The molecule has 0 heteroatoms. The smallest absolute Gasteiger partial charge is 0.0725 e. The average Bonchev–Trinajstić information content (AvgIpc) is 4.07. The minimum atomic E-state index is -0.422. The minimum absolute atomic E-state index is 0.252. The fourth-order valence-corrected chi connectivity index (χ4v) is 16.5. The van der Waals surface area contributed by atoms with Gasteiger partial charge >= 0.3 is 0 Å². The quantitative estimate of drug-likeness (QED) is 0.165. The van der Waals surface area contributed by atoms with Gasteiger partial charge in [0.25, 0.3) is 0 Å². The van der Waals surface area contributed by atoms with E-state index in [-0.39, 0.29) is 5.92 Å². The predicted molar refractivity (Wildman–Crippen MR) is 322 cm³/mol. The summed E-state index contributed by atoms with van der Waals surface area (Å²) < 4.78 is 0. The van der Waals surface area contributed by atoms with Crippen molar-refractivity contribution >= 4 is 37.9 Å². The molecule has 0 amide bonds. The maximum atomic E-state index is 2.63. The van der Waals surface area contributed by atoms with Crippen LogP contribution in [0.25, 0.3) is 105 Å². The fourth-order valence-electron chi connectivity index (χ4n) is 16.5. The second-order valence-corrected chi connectivity index (χ2v) is 22.8. The third kappa shape index (κ3) is 5.43. The summed E-state index contributed by atoms with van der Waals surface area (Å²) >= 11 is 0. The first-order chi connectivity index (χ1) is 38.3. The van der Waals surface area contributed by atoms with Crippen molar-refractivity contribution in [2.45, 2.75) is 49.9 Å². The zero-order valence-electron chi connectivity index (χ0n) is 42.8. The molecule has 8 aliphatic carbocycles. The van der Waals surface area contributed by atoms with Crippen LogP contribution in [0.1, 0.15) is 77.8 Å². The van der Waals surface area contributed by atoms with Crippen LogP contribution < -0.4 is 0 Å². The van der Waals surface area contributed by atoms with Gasteiger partial charge in [-0.05, 0) is 223 Å². The SMILES string of the molecule is C1=CC(C2=C3c4ccc(-c5ccc6cc7c(c(-c8ccccc8)c6c5)-c5cccc6c8c(cc-7c56)C5(c6ccccc6-c6ccccc65)c5ccccc5-8)c5cccc(c45)C3C(C3=CCCC=C3)C3=C2CCC=C3)=CCC1. The van der Waals surface area contributed by atoms with E-state index in [0.29, 0.717) is 5.92 Å². The molecule has 0 saturated carbocycles. The summed E-state index contributed by atoms with van der Waals surface area (Å²) in [5, 5.41) is 8.07. The van der Waals surface area contributed by atoms with E-state index in [0.717, 1.165) is 38.5 Å². The summed E-state index contributed by atoms with van der Waals surface area (Å²) in [4.78, 5) is 0. The fraction of sp³-hybridized carbons (Fsp3) is 0.117. The molecule has 0 N–H and O–H groups in total. The Hall–Kier alpha value is -8.84. The molecule has 0 nitrogen and oxygen atoms in total. The summed E-state index contributed by atoms with van der Waals surface area (Å²) in [7, 11) is 0. The Morgan fingerprint density at radius 2 is 1.08 bits per heavy atom. The molecule has 8 aliphatic rings. The van der Waals surface area contributed by atoms with Crippen molar-refractivity contribution in [1.82, 2.24) is 0 Å². The number of hydrogen-bond donors (Lipinski definition) is 0. The van der Waals surface area contributed by atoms with Gasteiger partial charge in [0, 0.05) is 11.8 Å². The number of hydrogen-bond acceptors (Lipinski definition) is 0. The van der Waals surface area contributed by atoms with Gasteiger partial charge < -0.3 is 0 Å². The molecule has 0 saturated heterocycles. The van der Waals surface area contributed by atoms with Crippen molar-refractivity contribution in [2.24, 2.45) is 5.92 Å². The minimum Gasteiger partial charge on any atom is -0.0839 e. The summed E-state index contributed by atoms with van der Waals surface area (Å²) in [5.74, 6) is 0.546. The Labute approximate surface area is 449 Å². The van der Waals surface area contributed by atoms with Crippen LogP contribution in [0.15, 0.2) is 258 Å². The summed E-state index contributed by atoms with van der Waals surface area (Å²) in [6, 6.07) is 70.9. The molecule has 0 heterocycles. The molecule has 360 valence electrons. The maximum Gasteiger partial charge on any atom is 0.0725 e. The van der Waals surface area contributed by atoms with E-state index in [2.05, 4.69) is 231 Å². The van der Waals surface area contributed by atoms with Crippen LogP contribution in [0, 0.1) is 5.92 Å². The van der Waals surface area contributed by atoms with Crippen LogP contribution in [0.4, 0.5) is 0 Å². The molecular formula is C77H52. The van der Waals surface area contributed by atoms with E-state index in [1.54, 1.807) is 16.7 Å². The second kappa shape index (κ2) is 15.6. The van der Waals surface area contributed by atoms with E-state index in [4.69, 9.17) is 0 Å². The topological polar surface area (TPSA) is 0 Å². The molecule has 10 aromatic carbocycles. The van der Waals surface area contributed by atoms with Crippen molar-refractivity contribution in [3.8, 4) is 66.8 Å². The Kier molecular flexibility index (Phi) is 8.60. The van der Waals surface area contributed by atoms with Crippen molar-refractivity contribution in [3.63, 3.8) is 0 Å². The molecule has 0 radical (unpaired) electrons. The summed E-state index contributed by atoms with van der Waals surface area (Å²) in [5.41, 5.74) is 33.0. The molecular weight excluding hydrogens is 925 g/mol. The summed E-state index contributed by atoms with van der Waals surface area (Å²) in [6.45, 7) is 0. The molecule has 10 aromatic rings. The zero-order chi connectivity index (χ0) is 50.1. The van der Waals surface area contributed by atoms with Gasteiger partial charge in [-0.15, -0.1) is 0 Å². The lowest BCUT2D eigenvalue weighted by Gasteiger charge is -2.39. The highest BCUT2D eigenvalue weighted by atomic mass is 14.5. The molecule has 0 fully saturated rings. The Bertz CT molecular complexity index is 4560. The third-order valence-corrected chi connectivity index (χ3v) is 19.3. The number of fused-ring (bicyclic) bond motifs is 18. The first-order valence-electron chi connectivity index (χ1n) is 28.3. The number of benzene rings is 10. The third-order valence-electron chi connectivity index (χ3n) is 19.3. The van der Waals surface area contributed by atoms with Crippen molar-refractivity contribution in [2.75, 3.05) is 0 Å². The highest BCUT2D eigenvalue weighted by molar-refractivity contribution is 6.26. The Balaban J connectivity index is 0.871. The van der Waals surface area contributed by atoms with Crippen LogP contribution in [-0.4, -0.2) is 0 Å². The van der Waals surface area contributed by atoms with Gasteiger partial charge in [0.15, 0.2) is 0 Å². The van der Waals surface area contributed by atoms with E-state index < -0.39 is 5.41 Å². The number of allylic oxidation sites excluding steroid dienone is 14. The van der Waals surface area contributed by atoms with Crippen LogP contribution in [0.5, 0.6) is 0 Å². The van der Waals surface area contributed by atoms with Gasteiger partial charge in [0.05, 0.1) is 5.41 Å². The first kappa shape index (κ1) is 42.4. The lowest BCUT2D eigenvalue weighted by Crippen LogP contribution is -2.25. The average molecular weight is 977 g/mol. The molecule has 1 spiro atoms. The van der Waals surface area contributed by atoms with Crippen molar-refractivity contribution < 1.29 is 0 Å². The monoisotopic (exact) mass is 976 g/mol. The largest absolute Gasteiger partial charge is 0.0839 e. The second-order valence-electron chi connectivity index (χ2n) is 22.8. The van der Waals surface area contributed by atoms with Crippen LogP contribution in [-0.2, 0) is 5.41 Å². The molecule has 0 aromatic heterocycles. The molecule has 0 aliphatic heterocycles. The standard InChI is InChI=1S/C77H52/c1-4-20-45(21-5-1)68-54-28-10-11-29-55(54)69(46-22-6-2-7-23-46)76-60-41-40-50(53-31-18-34-59(71(53)60)75(68)76)48-38-39-49-43-62-63-44-67-73(57-32-19-33-58(72(57)63)74(62)70(61(49)42-48)47-24-8-3-9-25-47)56-30-14-17-37-66(56)77(67)64-35-15-12-26-51(64)52-27-13-16-36-65(52)77/h3-4,6,8-10,12-28,30-44,68,75H,1-2,5,7,11,29H2. The molecule has 77 heavy (non-hydrogen) atoms. The van der Waals surface area contributed by atoms with Gasteiger partial charge in [0.1, 0.15) is 0 Å². The molecule has 18 rings (SSSR count). The van der Waals surface area contributed by atoms with Gasteiger partial charge in [-0.3, -0.25) is 0 Å². The molecule has 0 bridgehead atoms. The zero-order valence-corrected chi connectivity index (χ0v) is 42.8. The molecule has 2 atom stereocenters. The first-order valence-corrected chi connectivity index (χ1v) is 28.3. The molecule has 2 unspecified atom stereocenters. The number of rotatable bonds is 4. The normalized spacial score (nSPS) is 19.1. The van der Waals surface area contributed by atoms with Gasteiger partial charge in [-0.2, -0.15) is 0 Å². The lowest BCUT2D eigenvalue weighted by atomic mass is 9.64.